The van der Waals surface area contributed by atoms with Crippen molar-refractivity contribution in [2.75, 3.05) is 13.1 Å². The van der Waals surface area contributed by atoms with Crippen LogP contribution in [0.1, 0.15) is 11.5 Å². The van der Waals surface area contributed by atoms with Crippen LogP contribution in [-0.2, 0) is 0 Å². The van der Waals surface area contributed by atoms with E-state index in [-0.39, 0.29) is 5.71 Å². The van der Waals surface area contributed by atoms with Crippen LogP contribution in [0.3, 0.4) is 0 Å². The molecule has 124 valence electrons. The van der Waals surface area contributed by atoms with Crippen LogP contribution in [0.2, 0.25) is 0 Å². The van der Waals surface area contributed by atoms with E-state index < -0.39 is 29.0 Å². The molecule has 1 aliphatic carbocycles. The Kier molecular flexibility index (Phi) is 4.43. The summed E-state index contributed by atoms with van der Waals surface area (Å²) >= 11 is 3.32. The number of fused-ring (bicyclic) bond motifs is 1. The lowest BCUT2D eigenvalue weighted by Gasteiger charge is -2.45. The van der Waals surface area contributed by atoms with Gasteiger partial charge in [-0.3, -0.25) is 0 Å². The van der Waals surface area contributed by atoms with Gasteiger partial charge in [0.2, 0.25) is 5.41 Å². The Balaban J connectivity index is 2.26. The van der Waals surface area contributed by atoms with Crippen molar-refractivity contribution in [3.63, 3.8) is 0 Å². The first-order valence-electron chi connectivity index (χ1n) is 7.67. The van der Waals surface area contributed by atoms with Crippen LogP contribution in [0.5, 0.6) is 0 Å². The summed E-state index contributed by atoms with van der Waals surface area (Å²) in [5.41, 5.74) is -1.22. The minimum Gasteiger partial charge on any atom is -0.313 e. The summed E-state index contributed by atoms with van der Waals surface area (Å²) in [6, 6.07) is 10.4. The Hall–Kier alpha value is -2.53. The maximum absolute atomic E-state index is 14.5. The van der Waals surface area contributed by atoms with Crippen LogP contribution in [0.25, 0.3) is 0 Å². The van der Waals surface area contributed by atoms with Gasteiger partial charge in [-0.05, 0) is 29.3 Å². The average Bonchev–Trinajstić information content (AvgIpc) is 2.63. The highest BCUT2D eigenvalue weighted by atomic mass is 79.9. The zero-order chi connectivity index (χ0) is 18.2. The molecule has 7 heteroatoms. The molecule has 0 spiro atoms. The third-order valence-electron chi connectivity index (χ3n) is 4.96. The smallest absolute Gasteiger partial charge is 0.203 e. The summed E-state index contributed by atoms with van der Waals surface area (Å²) in [6.07, 6.45) is 1.73. The third kappa shape index (κ3) is 2.46. The van der Waals surface area contributed by atoms with Gasteiger partial charge in [-0.1, -0.05) is 22.0 Å². The molecular weight excluding hydrogens is 385 g/mol. The maximum atomic E-state index is 14.5. The van der Waals surface area contributed by atoms with Crippen LogP contribution >= 0.6 is 15.9 Å². The fourth-order valence-corrected chi connectivity index (χ4v) is 4.20. The summed E-state index contributed by atoms with van der Waals surface area (Å²) in [4.78, 5) is 0. The Labute approximate surface area is 153 Å². The molecular formula is C18H13BrFN5. The quantitative estimate of drug-likeness (QED) is 0.709. The van der Waals surface area contributed by atoms with E-state index in [2.05, 4.69) is 21.2 Å². The van der Waals surface area contributed by atoms with Crippen LogP contribution in [0.4, 0.5) is 4.39 Å². The molecule has 1 aliphatic heterocycles. The van der Waals surface area contributed by atoms with Crippen molar-refractivity contribution >= 4 is 21.6 Å². The minimum absolute atomic E-state index is 0.270. The monoisotopic (exact) mass is 397 g/mol. The highest BCUT2D eigenvalue weighted by molar-refractivity contribution is 9.10. The highest BCUT2D eigenvalue weighted by Gasteiger charge is 2.56. The summed E-state index contributed by atoms with van der Waals surface area (Å²) in [5, 5.41) is 40.6. The molecule has 3 atom stereocenters. The van der Waals surface area contributed by atoms with Gasteiger partial charge >= 0.3 is 0 Å². The van der Waals surface area contributed by atoms with E-state index in [1.165, 1.54) is 6.07 Å². The molecule has 0 radical (unpaired) electrons. The van der Waals surface area contributed by atoms with Gasteiger partial charge in [0.05, 0.1) is 29.8 Å². The highest BCUT2D eigenvalue weighted by Crippen LogP contribution is 2.52. The zero-order valence-corrected chi connectivity index (χ0v) is 14.6. The molecule has 2 aliphatic rings. The number of hydrogen-bond acceptors (Lipinski definition) is 5. The topological polar surface area (TPSA) is 107 Å². The van der Waals surface area contributed by atoms with E-state index in [9.17, 15) is 20.2 Å². The average molecular weight is 398 g/mol. The Morgan fingerprint density at radius 1 is 1.28 bits per heavy atom. The number of halogens is 2. The second-order valence-electron chi connectivity index (χ2n) is 6.11. The molecule has 1 aromatic rings. The number of nitrogens with one attached hydrogen (secondary N) is 2. The molecule has 25 heavy (non-hydrogen) atoms. The van der Waals surface area contributed by atoms with Crippen LogP contribution < -0.4 is 5.32 Å². The van der Waals surface area contributed by atoms with E-state index in [1.54, 1.807) is 18.2 Å². The molecule has 1 heterocycles. The fourth-order valence-electron chi connectivity index (χ4n) is 3.82. The molecule has 3 rings (SSSR count). The Morgan fingerprint density at radius 2 is 2.00 bits per heavy atom. The van der Waals surface area contributed by atoms with E-state index in [1.807, 2.05) is 18.2 Å². The predicted octanol–water partition coefficient (Wildman–Crippen LogP) is 3.02. The first-order chi connectivity index (χ1) is 12.0. The fraction of sp³-hybridized carbons (Fsp3) is 0.333. The van der Waals surface area contributed by atoms with Crippen molar-refractivity contribution in [1.82, 2.24) is 5.32 Å². The third-order valence-corrected chi connectivity index (χ3v) is 5.46. The number of hydrogen-bond donors (Lipinski definition) is 2. The van der Waals surface area contributed by atoms with Gasteiger partial charge in [0, 0.05) is 29.4 Å². The van der Waals surface area contributed by atoms with E-state index in [0.29, 0.717) is 28.7 Å². The molecule has 0 bridgehead atoms. The molecule has 1 unspecified atom stereocenters. The largest absolute Gasteiger partial charge is 0.313 e. The zero-order valence-electron chi connectivity index (χ0n) is 13.1. The lowest BCUT2D eigenvalue weighted by Crippen LogP contribution is -2.51. The maximum Gasteiger partial charge on any atom is 0.203 e. The van der Waals surface area contributed by atoms with Gasteiger partial charge in [-0.15, -0.1) is 0 Å². The van der Waals surface area contributed by atoms with Crippen LogP contribution in [0.15, 0.2) is 34.3 Å². The molecule has 1 fully saturated rings. The van der Waals surface area contributed by atoms with Crippen LogP contribution in [0, 0.1) is 62.5 Å². The lowest BCUT2D eigenvalue weighted by atomic mass is 9.55. The number of nitriles is 3. The Morgan fingerprint density at radius 3 is 2.64 bits per heavy atom. The van der Waals surface area contributed by atoms with Gasteiger partial charge in [-0.25, -0.2) is 4.39 Å². The van der Waals surface area contributed by atoms with Gasteiger partial charge in [0.15, 0.2) is 0 Å². The normalized spacial score (nSPS) is 27.2. The summed E-state index contributed by atoms with van der Waals surface area (Å²) in [5.74, 6) is -2.56. The van der Waals surface area contributed by atoms with Gasteiger partial charge in [-0.2, -0.15) is 15.8 Å². The first-order valence-corrected chi connectivity index (χ1v) is 8.46. The molecule has 5 nitrogen and oxygen atoms in total. The molecule has 0 aromatic heterocycles. The number of nitrogens with zero attached hydrogens (tertiary/aromatic N) is 3. The first kappa shape index (κ1) is 17.3. The second kappa shape index (κ2) is 6.41. The number of rotatable bonds is 1. The van der Waals surface area contributed by atoms with E-state index in [4.69, 9.17) is 5.41 Å². The minimum atomic E-state index is -1.76. The number of benzene rings is 1. The SMILES string of the molecule is N#CC1C(=N)C(C#N)(C#N)C2=CCNC[C@H]2[C@H]1c1cc(Br)ccc1F. The van der Waals surface area contributed by atoms with E-state index >= 15 is 0 Å². The summed E-state index contributed by atoms with van der Waals surface area (Å²) in [6.45, 7) is 0.883. The summed E-state index contributed by atoms with van der Waals surface area (Å²) < 4.78 is 15.2. The molecule has 0 amide bonds. The van der Waals surface area contributed by atoms with Gasteiger partial charge in [0.1, 0.15) is 5.82 Å². The van der Waals surface area contributed by atoms with Crippen LogP contribution in [-0.4, -0.2) is 18.8 Å². The van der Waals surface area contributed by atoms with Crippen molar-refractivity contribution in [2.24, 2.45) is 17.3 Å². The van der Waals surface area contributed by atoms with Crippen molar-refractivity contribution in [1.29, 1.82) is 21.2 Å². The predicted molar refractivity (Wildman–Crippen MR) is 91.8 cm³/mol. The van der Waals surface area contributed by atoms with E-state index in [0.717, 1.165) is 0 Å². The molecule has 1 aromatic carbocycles. The van der Waals surface area contributed by atoms with Gasteiger partial charge in [0.25, 0.3) is 0 Å². The summed E-state index contributed by atoms with van der Waals surface area (Å²) in [7, 11) is 0. The lowest BCUT2D eigenvalue weighted by molar-refractivity contribution is 0.348. The van der Waals surface area contributed by atoms with Crippen molar-refractivity contribution < 1.29 is 4.39 Å². The van der Waals surface area contributed by atoms with Gasteiger partial charge < -0.3 is 10.7 Å². The molecule has 1 saturated carbocycles. The Bertz CT molecular complexity index is 888. The van der Waals surface area contributed by atoms with Crippen molar-refractivity contribution in [3.05, 3.63) is 45.7 Å². The second-order valence-corrected chi connectivity index (χ2v) is 7.03. The van der Waals surface area contributed by atoms with Crippen molar-refractivity contribution in [3.8, 4) is 18.2 Å². The molecule has 0 saturated heterocycles. The van der Waals surface area contributed by atoms with Crippen molar-refractivity contribution in [2.45, 2.75) is 5.92 Å². The molecule has 2 N–H and O–H groups in total. The standard InChI is InChI=1S/C18H13BrFN5/c19-10-1-2-15(20)11(5-10)16-12(6-21)17(24)18(8-22,9-23)14-3-4-25-7-13(14)16/h1-3,5,12-13,16,24-25H,4,7H2/t12?,13-,16+/m1/s1.